The first-order valence-corrected chi connectivity index (χ1v) is 9.96. The van der Waals surface area contributed by atoms with Crippen LogP contribution in [0.25, 0.3) is 0 Å². The molecule has 2 aromatic rings. The first-order chi connectivity index (χ1) is 15.2. The Kier molecular flexibility index (Phi) is 6.69. The summed E-state index contributed by atoms with van der Waals surface area (Å²) >= 11 is 5.53. The van der Waals surface area contributed by atoms with Gasteiger partial charge in [0.2, 0.25) is 5.43 Å². The summed E-state index contributed by atoms with van der Waals surface area (Å²) in [4.78, 5) is 39.4. The average molecular weight is 465 g/mol. The summed E-state index contributed by atoms with van der Waals surface area (Å²) in [5, 5.41) is 13.7. The first kappa shape index (κ1) is 23.1. The second kappa shape index (κ2) is 9.28. The van der Waals surface area contributed by atoms with Crippen LogP contribution in [0.2, 0.25) is 5.02 Å². The Morgan fingerprint density at radius 3 is 2.72 bits per heavy atom. The lowest BCUT2D eigenvalue weighted by atomic mass is 10.1. The Morgan fingerprint density at radius 1 is 1.34 bits per heavy atom. The van der Waals surface area contributed by atoms with Crippen molar-refractivity contribution < 1.29 is 23.5 Å². The number of benzene rings is 1. The van der Waals surface area contributed by atoms with Crippen LogP contribution in [0.1, 0.15) is 39.8 Å². The number of hydrogen-bond acceptors (Lipinski definition) is 5. The minimum Gasteiger partial charge on any atom is -0.502 e. The summed E-state index contributed by atoms with van der Waals surface area (Å²) in [7, 11) is 0. The Morgan fingerprint density at radius 2 is 2.06 bits per heavy atom. The predicted octanol–water partition coefficient (Wildman–Crippen LogP) is 1.81. The number of hydrogen-bond donors (Lipinski definition) is 2. The van der Waals surface area contributed by atoms with Crippen molar-refractivity contribution >= 4 is 23.4 Å². The van der Waals surface area contributed by atoms with E-state index < -0.39 is 51.8 Å². The van der Waals surface area contributed by atoms with Gasteiger partial charge in [-0.1, -0.05) is 17.7 Å². The van der Waals surface area contributed by atoms with E-state index in [1.54, 1.807) is 11.9 Å². The maximum atomic E-state index is 14.1. The van der Waals surface area contributed by atoms with E-state index in [0.29, 0.717) is 13.0 Å². The van der Waals surface area contributed by atoms with Crippen molar-refractivity contribution in [1.82, 2.24) is 14.9 Å². The van der Waals surface area contributed by atoms with Gasteiger partial charge in [0.05, 0.1) is 0 Å². The highest BCUT2D eigenvalue weighted by Crippen LogP contribution is 2.23. The standard InChI is InChI=1S/C21H19ClF2N4O4/c1-3-5-8-27-11-26(4-2)21(32)17-19(30)18(29)13(10-28(17)27)20(31)25-9-12-6-7-14(23)15(22)16(12)24/h1,6-7,10,30H,4-5,8-9,11H2,2H3,(H,25,31). The molecule has 32 heavy (non-hydrogen) atoms. The number of terminal acetylenes is 1. The number of nitrogens with zero attached hydrogens (tertiary/aromatic N) is 3. The lowest BCUT2D eigenvalue weighted by Gasteiger charge is -2.39. The number of pyridine rings is 1. The molecule has 8 nitrogen and oxygen atoms in total. The number of nitrogens with one attached hydrogen (secondary N) is 1. The molecule has 1 aromatic heterocycles. The smallest absolute Gasteiger partial charge is 0.277 e. The molecule has 168 valence electrons. The minimum absolute atomic E-state index is 0.101. The number of carbonyl (C=O) groups excluding carboxylic acids is 2. The van der Waals surface area contributed by atoms with Gasteiger partial charge in [0.1, 0.15) is 28.9 Å². The largest absolute Gasteiger partial charge is 0.502 e. The topological polar surface area (TPSA) is 94.9 Å². The molecule has 0 radical (unpaired) electrons. The van der Waals surface area contributed by atoms with Gasteiger partial charge in [-0.05, 0) is 13.0 Å². The molecular formula is C21H19ClF2N4O4. The highest BCUT2D eigenvalue weighted by molar-refractivity contribution is 6.30. The van der Waals surface area contributed by atoms with Crippen molar-refractivity contribution in [2.24, 2.45) is 0 Å². The number of carbonyl (C=O) groups is 2. The lowest BCUT2D eigenvalue weighted by molar-refractivity contribution is 0.0696. The van der Waals surface area contributed by atoms with E-state index in [-0.39, 0.29) is 24.5 Å². The Balaban J connectivity index is 1.96. The number of aromatic nitrogens is 1. The third kappa shape index (κ3) is 4.11. The molecule has 1 aromatic carbocycles. The van der Waals surface area contributed by atoms with Crippen molar-refractivity contribution in [3.05, 3.63) is 62.0 Å². The zero-order valence-corrected chi connectivity index (χ0v) is 17.7. The highest BCUT2D eigenvalue weighted by atomic mass is 35.5. The van der Waals surface area contributed by atoms with Crippen LogP contribution in [0.15, 0.2) is 23.1 Å². The van der Waals surface area contributed by atoms with Gasteiger partial charge in [0.15, 0.2) is 11.4 Å². The lowest BCUT2D eigenvalue weighted by Crippen LogP contribution is -2.54. The van der Waals surface area contributed by atoms with E-state index in [9.17, 15) is 28.3 Å². The Labute approximate surface area is 187 Å². The first-order valence-electron chi connectivity index (χ1n) is 9.58. The molecule has 0 aliphatic carbocycles. The number of fused-ring (bicyclic) bond motifs is 1. The van der Waals surface area contributed by atoms with E-state index >= 15 is 0 Å². The Hall–Kier alpha value is -3.58. The van der Waals surface area contributed by atoms with Crippen LogP contribution in [0.4, 0.5) is 8.78 Å². The van der Waals surface area contributed by atoms with Crippen LogP contribution in [0.5, 0.6) is 5.75 Å². The van der Waals surface area contributed by atoms with Gasteiger partial charge in [-0.2, -0.15) is 0 Å². The molecule has 1 aliphatic rings. The molecule has 11 heteroatoms. The summed E-state index contributed by atoms with van der Waals surface area (Å²) in [5.74, 6) is -1.91. The molecule has 2 N–H and O–H groups in total. The van der Waals surface area contributed by atoms with Gasteiger partial charge in [0.25, 0.3) is 11.8 Å². The molecule has 0 saturated carbocycles. The van der Waals surface area contributed by atoms with Crippen molar-refractivity contribution in [2.75, 3.05) is 24.8 Å². The molecule has 2 amide bonds. The molecule has 0 saturated heterocycles. The number of halogens is 3. The molecule has 0 bridgehead atoms. The second-order valence-corrected chi connectivity index (χ2v) is 7.30. The van der Waals surface area contributed by atoms with Gasteiger partial charge in [0, 0.05) is 37.8 Å². The molecule has 2 heterocycles. The molecule has 0 spiro atoms. The summed E-state index contributed by atoms with van der Waals surface area (Å²) in [5.41, 5.74) is -1.91. The van der Waals surface area contributed by atoms with E-state index in [4.69, 9.17) is 18.0 Å². The number of rotatable bonds is 6. The third-order valence-corrected chi connectivity index (χ3v) is 5.33. The maximum absolute atomic E-state index is 14.1. The molecule has 3 rings (SSSR count). The molecule has 0 atom stereocenters. The zero-order valence-electron chi connectivity index (χ0n) is 17.0. The van der Waals surface area contributed by atoms with Crippen LogP contribution in [-0.4, -0.2) is 46.3 Å². The van der Waals surface area contributed by atoms with Crippen molar-refractivity contribution in [1.29, 1.82) is 0 Å². The van der Waals surface area contributed by atoms with Gasteiger partial charge < -0.3 is 15.3 Å². The number of aromatic hydroxyl groups is 1. The fourth-order valence-electron chi connectivity index (χ4n) is 3.24. The maximum Gasteiger partial charge on any atom is 0.277 e. The zero-order chi connectivity index (χ0) is 23.6. The van der Waals surface area contributed by atoms with Crippen molar-refractivity contribution in [2.45, 2.75) is 19.9 Å². The quantitative estimate of drug-likeness (QED) is 0.502. The highest BCUT2D eigenvalue weighted by Gasteiger charge is 2.33. The molecular weight excluding hydrogens is 446 g/mol. The normalized spacial score (nSPS) is 13.0. The summed E-state index contributed by atoms with van der Waals surface area (Å²) < 4.78 is 28.6. The van der Waals surface area contributed by atoms with E-state index in [1.165, 1.54) is 9.58 Å². The average Bonchev–Trinajstić information content (AvgIpc) is 2.78. The van der Waals surface area contributed by atoms with Crippen molar-refractivity contribution in [3.8, 4) is 18.1 Å². The van der Waals surface area contributed by atoms with E-state index in [1.807, 2.05) is 0 Å². The van der Waals surface area contributed by atoms with Crippen LogP contribution in [0.3, 0.4) is 0 Å². The van der Waals surface area contributed by atoms with Crippen LogP contribution in [0, 0.1) is 24.0 Å². The van der Waals surface area contributed by atoms with Gasteiger partial charge in [-0.25, -0.2) is 8.78 Å². The fraction of sp³-hybridized carbons (Fsp3) is 0.286. The molecule has 0 fully saturated rings. The van der Waals surface area contributed by atoms with Crippen molar-refractivity contribution in [3.63, 3.8) is 0 Å². The summed E-state index contributed by atoms with van der Waals surface area (Å²) in [6, 6.07) is 2.05. The van der Waals surface area contributed by atoms with Crippen LogP contribution >= 0.6 is 11.6 Å². The van der Waals surface area contributed by atoms with Gasteiger partial charge in [-0.15, -0.1) is 12.3 Å². The predicted molar refractivity (Wildman–Crippen MR) is 113 cm³/mol. The number of amides is 2. The Bertz CT molecular complexity index is 1190. The fourth-order valence-corrected chi connectivity index (χ4v) is 3.43. The van der Waals surface area contributed by atoms with Gasteiger partial charge >= 0.3 is 0 Å². The molecule has 1 aliphatic heterocycles. The van der Waals surface area contributed by atoms with Crippen LogP contribution in [-0.2, 0) is 6.54 Å². The van der Waals surface area contributed by atoms with Gasteiger partial charge in [-0.3, -0.25) is 24.1 Å². The summed E-state index contributed by atoms with van der Waals surface area (Å²) in [6.07, 6.45) is 6.76. The monoisotopic (exact) mass is 464 g/mol. The van der Waals surface area contributed by atoms with E-state index in [0.717, 1.165) is 18.3 Å². The summed E-state index contributed by atoms with van der Waals surface area (Å²) in [6.45, 7) is 2.09. The molecule has 0 unspecified atom stereocenters. The minimum atomic E-state index is -1.06. The van der Waals surface area contributed by atoms with Crippen LogP contribution < -0.4 is 15.8 Å². The SMILES string of the molecule is C#CCCN1CN(CC)C(=O)c2c(O)c(=O)c(C(=O)NCc3ccc(F)c(Cl)c3F)cn21. The third-order valence-electron chi connectivity index (χ3n) is 4.99. The van der Waals surface area contributed by atoms with E-state index in [2.05, 4.69) is 11.2 Å². The second-order valence-electron chi connectivity index (χ2n) is 6.92.